The van der Waals surface area contributed by atoms with Crippen LogP contribution in [-0.4, -0.2) is 42.5 Å². The Bertz CT molecular complexity index is 2080. The third-order valence-electron chi connectivity index (χ3n) is 5.38. The molecule has 0 atom stereocenters. The molecule has 0 fully saturated rings. The Morgan fingerprint density at radius 2 is 0.873 bits per heavy atom. The van der Waals surface area contributed by atoms with Gasteiger partial charge in [-0.25, -0.2) is 34.0 Å². The molecule has 0 spiro atoms. The summed E-state index contributed by atoms with van der Waals surface area (Å²) in [5.41, 5.74) is -18.1. The van der Waals surface area contributed by atoms with Crippen LogP contribution in [0.15, 0.2) is 54.6 Å². The number of sulfone groups is 1. The van der Waals surface area contributed by atoms with Crippen LogP contribution in [0.5, 0.6) is 0 Å². The van der Waals surface area contributed by atoms with E-state index < -0.39 is 110 Å². The average molecular weight is 938 g/mol. The number of aryl methyl sites for hydroxylation is 1. The zero-order valence-corrected chi connectivity index (χ0v) is 32.0. The Morgan fingerprint density at radius 3 is 1.20 bits per heavy atom. The number of hydrogen-bond acceptors (Lipinski definition) is 6. The number of alkyl halides is 15. The minimum absolute atomic E-state index is 0. The van der Waals surface area contributed by atoms with Crippen molar-refractivity contribution in [2.45, 2.75) is 42.2 Å². The zero-order valence-electron chi connectivity index (χ0n) is 26.6. The summed E-state index contributed by atoms with van der Waals surface area (Å²) in [5.74, 6) is -3.75. The first-order chi connectivity index (χ1) is 23.7. The Kier molecular flexibility index (Phi) is 16.7. The molecule has 3 aromatic rings. The summed E-state index contributed by atoms with van der Waals surface area (Å²) in [6, 6.07) is 3.56. The van der Waals surface area contributed by atoms with Gasteiger partial charge >= 0.3 is 49.0 Å². The minimum Gasteiger partial charge on any atom is -0.577 e. The smallest absolute Gasteiger partial charge is 0.577 e. The standard InChI is InChI=1S/2C9H6F6NO2S.C8H5F5O2S.Zn/c1-19(17,18)16-7-3-5(8(10,11)12)2-6(4-7)9(13,14)15;1-5-2-6(8(10,11)12)4-7(3-5)16-19(17,18)9(13,14)15;9-6-1-5(2-7(10)3-6)4-16(14,15)8(11,12)13;/h2*2-4H,1H3;1-3H,4H2;/q2*-1;;+2. The maximum atomic E-state index is 12.6. The second-order valence-electron chi connectivity index (χ2n) is 10.1. The van der Waals surface area contributed by atoms with E-state index in [1.165, 1.54) is 6.92 Å². The summed E-state index contributed by atoms with van der Waals surface area (Å²) in [6.07, 6.45) is -14.3. The molecule has 0 bridgehead atoms. The molecule has 0 radical (unpaired) electrons. The van der Waals surface area contributed by atoms with Crippen molar-refractivity contribution in [1.29, 1.82) is 0 Å². The van der Waals surface area contributed by atoms with Crippen molar-refractivity contribution in [1.82, 2.24) is 0 Å². The fourth-order valence-corrected chi connectivity index (χ4v) is 5.09. The molecule has 0 amide bonds. The van der Waals surface area contributed by atoms with Crippen LogP contribution in [0.2, 0.25) is 0 Å². The molecule has 55 heavy (non-hydrogen) atoms. The maximum Gasteiger partial charge on any atom is 2.00 e. The third kappa shape index (κ3) is 17.1. The first kappa shape index (κ1) is 51.5. The van der Waals surface area contributed by atoms with Gasteiger partial charge in [0.15, 0.2) is 10.0 Å². The van der Waals surface area contributed by atoms with Gasteiger partial charge in [0.1, 0.15) is 11.6 Å². The molecule has 0 saturated carbocycles. The molecule has 29 heteroatoms. The van der Waals surface area contributed by atoms with Crippen LogP contribution in [-0.2, 0) is 73.6 Å². The first-order valence-corrected chi connectivity index (χ1v) is 17.9. The van der Waals surface area contributed by atoms with Crippen molar-refractivity contribution < 1.29 is 119 Å². The van der Waals surface area contributed by atoms with Gasteiger partial charge in [0.05, 0.1) is 32.5 Å². The number of halogens is 17. The van der Waals surface area contributed by atoms with Gasteiger partial charge in [-0.1, -0.05) is 29.8 Å². The second-order valence-corrected chi connectivity index (χ2v) is 15.4. The first-order valence-electron chi connectivity index (χ1n) is 12.9. The third-order valence-corrected chi connectivity index (χ3v) is 8.38. The summed E-state index contributed by atoms with van der Waals surface area (Å²) in [4.78, 5) is 0. The van der Waals surface area contributed by atoms with Crippen LogP contribution in [0.1, 0.15) is 27.8 Å². The molecule has 0 saturated heterocycles. The van der Waals surface area contributed by atoms with E-state index >= 15 is 0 Å². The maximum absolute atomic E-state index is 12.6. The quantitative estimate of drug-likeness (QED) is 0.179. The average Bonchev–Trinajstić information content (AvgIpc) is 2.88. The van der Waals surface area contributed by atoms with Crippen LogP contribution >= 0.6 is 0 Å². The van der Waals surface area contributed by atoms with E-state index in [4.69, 9.17) is 0 Å². The van der Waals surface area contributed by atoms with Crippen LogP contribution < -0.4 is 0 Å². The van der Waals surface area contributed by atoms with Gasteiger partial charge in [-0.15, -0.1) is 11.4 Å². The largest absolute Gasteiger partial charge is 2.00 e. The fraction of sp³-hybridized carbons (Fsp3) is 0.308. The number of nitrogens with zero attached hydrogens (tertiary/aromatic N) is 2. The van der Waals surface area contributed by atoms with E-state index in [0.29, 0.717) is 30.5 Å². The van der Waals surface area contributed by atoms with Crippen LogP contribution in [0.4, 0.5) is 86.0 Å². The zero-order chi connectivity index (χ0) is 42.7. The molecule has 0 N–H and O–H groups in total. The van der Waals surface area contributed by atoms with E-state index in [1.807, 2.05) is 0 Å². The number of hydrogen-bond donors (Lipinski definition) is 0. The van der Waals surface area contributed by atoms with E-state index in [-0.39, 0.29) is 49.3 Å². The van der Waals surface area contributed by atoms with Crippen LogP contribution in [0, 0.1) is 18.6 Å². The van der Waals surface area contributed by atoms with Gasteiger partial charge in [0.25, 0.3) is 9.84 Å². The number of rotatable bonds is 6. The summed E-state index contributed by atoms with van der Waals surface area (Å²) >= 11 is 0. The summed E-state index contributed by atoms with van der Waals surface area (Å²) in [6.45, 7) is 1.18. The predicted octanol–water partition coefficient (Wildman–Crippen LogP) is 9.95. The van der Waals surface area contributed by atoms with Crippen LogP contribution in [0.25, 0.3) is 9.44 Å². The van der Waals surface area contributed by atoms with E-state index in [1.54, 1.807) is 0 Å². The van der Waals surface area contributed by atoms with Crippen molar-refractivity contribution in [3.8, 4) is 0 Å². The molecular weight excluding hydrogens is 921 g/mol. The van der Waals surface area contributed by atoms with Gasteiger partial charge in [-0.3, -0.25) is 0 Å². The minimum atomic E-state index is -5.87. The number of benzene rings is 3. The Morgan fingerprint density at radius 1 is 0.509 bits per heavy atom. The number of sulfonamides is 2. The SMILES string of the molecule is CS(=O)(=O)[N-]c1cc(C(F)(F)F)cc(C(F)(F)F)c1.Cc1cc([N-]S(=O)(=O)C(F)(F)F)cc(C(F)(F)F)c1.O=S(=O)(Cc1cc(F)cc(F)c1)C(F)(F)F.[Zn+2]. The Hall–Kier alpha value is -3.46. The summed E-state index contributed by atoms with van der Waals surface area (Å²) in [7, 11) is -15.4. The fourth-order valence-electron chi connectivity index (χ4n) is 3.35. The molecule has 0 unspecified atom stereocenters. The normalized spacial score (nSPS) is 13.0. The summed E-state index contributed by atoms with van der Waals surface area (Å²) < 4.78 is 278. The topological polar surface area (TPSA) is 131 Å². The van der Waals surface area contributed by atoms with Crippen molar-refractivity contribution in [2.75, 3.05) is 6.26 Å². The molecular formula is C26H17F17N2O6S3Zn. The molecule has 3 rings (SSSR count). The van der Waals surface area contributed by atoms with E-state index in [9.17, 15) is 99.9 Å². The summed E-state index contributed by atoms with van der Waals surface area (Å²) in [5, 5.41) is 0. The van der Waals surface area contributed by atoms with Gasteiger partial charge in [0, 0.05) is 12.3 Å². The molecule has 0 heterocycles. The van der Waals surface area contributed by atoms with Crippen molar-refractivity contribution in [2.24, 2.45) is 0 Å². The molecule has 0 aromatic heterocycles. The molecule has 0 aliphatic carbocycles. The van der Waals surface area contributed by atoms with Crippen molar-refractivity contribution in [3.63, 3.8) is 0 Å². The van der Waals surface area contributed by atoms with Gasteiger partial charge < -0.3 is 9.44 Å². The van der Waals surface area contributed by atoms with Crippen LogP contribution in [0.3, 0.4) is 0 Å². The van der Waals surface area contributed by atoms with Gasteiger partial charge in [0.2, 0.25) is 0 Å². The monoisotopic (exact) mass is 936 g/mol. The Labute approximate surface area is 311 Å². The Balaban J connectivity index is 0.000000792. The van der Waals surface area contributed by atoms with Gasteiger partial charge in [-0.05, 0) is 36.8 Å². The molecule has 0 aliphatic rings. The van der Waals surface area contributed by atoms with E-state index in [0.717, 1.165) is 6.07 Å². The second kappa shape index (κ2) is 17.8. The molecule has 306 valence electrons. The van der Waals surface area contributed by atoms with Gasteiger partial charge in [-0.2, -0.15) is 65.9 Å². The molecule has 0 aliphatic heterocycles. The predicted molar refractivity (Wildman–Crippen MR) is 154 cm³/mol. The molecule has 8 nitrogen and oxygen atoms in total. The van der Waals surface area contributed by atoms with Crippen molar-refractivity contribution in [3.05, 3.63) is 103 Å². The molecule has 3 aromatic carbocycles. The van der Waals surface area contributed by atoms with E-state index in [2.05, 4.69) is 9.44 Å². The van der Waals surface area contributed by atoms with Crippen molar-refractivity contribution >= 4 is 41.3 Å².